The highest BCUT2D eigenvalue weighted by molar-refractivity contribution is 7.19. The highest BCUT2D eigenvalue weighted by Crippen LogP contribution is 2.31. The summed E-state index contributed by atoms with van der Waals surface area (Å²) in [4.78, 5) is 4.64. The van der Waals surface area contributed by atoms with Gasteiger partial charge in [0.1, 0.15) is 11.1 Å². The van der Waals surface area contributed by atoms with Crippen LogP contribution in [-0.2, 0) is 0 Å². The highest BCUT2D eigenvalue weighted by atomic mass is 35.5. The minimum Gasteiger partial charge on any atom is -0.240 e. The molecular weight excluding hydrogens is 424 g/mol. The number of hydrogen-bond donors (Lipinski definition) is 0. The molecule has 4 nitrogen and oxygen atoms in total. The van der Waals surface area contributed by atoms with Crippen LogP contribution in [0.4, 0.5) is 0 Å². The Morgan fingerprint density at radius 2 is 1.71 bits per heavy atom. The average molecular weight is 439 g/mol. The molecule has 0 aliphatic rings. The predicted octanol–water partition coefficient (Wildman–Crippen LogP) is 6.87. The van der Waals surface area contributed by atoms with Crippen molar-refractivity contribution in [1.82, 2.24) is 14.8 Å². The molecular formula is C25H15ClN4S. The molecule has 0 amide bonds. The van der Waals surface area contributed by atoms with Gasteiger partial charge in [0.25, 0.3) is 0 Å². The number of rotatable bonds is 4. The van der Waals surface area contributed by atoms with Crippen LogP contribution in [0.25, 0.3) is 38.8 Å². The van der Waals surface area contributed by atoms with E-state index in [0.717, 1.165) is 32.7 Å². The van der Waals surface area contributed by atoms with E-state index in [-0.39, 0.29) is 0 Å². The van der Waals surface area contributed by atoms with Gasteiger partial charge < -0.3 is 0 Å². The van der Waals surface area contributed by atoms with E-state index in [1.807, 2.05) is 95.8 Å². The van der Waals surface area contributed by atoms with Crippen LogP contribution in [0.2, 0.25) is 5.02 Å². The van der Waals surface area contributed by atoms with Crippen molar-refractivity contribution >= 4 is 44.8 Å². The monoisotopic (exact) mass is 438 g/mol. The summed E-state index contributed by atoms with van der Waals surface area (Å²) < 4.78 is 2.87. The molecule has 6 heteroatoms. The summed E-state index contributed by atoms with van der Waals surface area (Å²) in [6, 6.07) is 27.6. The molecule has 0 saturated carbocycles. The van der Waals surface area contributed by atoms with Gasteiger partial charge in [0.2, 0.25) is 0 Å². The van der Waals surface area contributed by atoms with Crippen LogP contribution in [0, 0.1) is 11.3 Å². The third kappa shape index (κ3) is 3.87. The Kier molecular flexibility index (Phi) is 5.09. The molecule has 0 radical (unpaired) electrons. The molecule has 0 fully saturated rings. The molecule has 31 heavy (non-hydrogen) atoms. The lowest BCUT2D eigenvalue weighted by Crippen LogP contribution is -1.93. The van der Waals surface area contributed by atoms with Crippen molar-refractivity contribution in [3.05, 3.63) is 101 Å². The first kappa shape index (κ1) is 19.3. The molecule has 0 atom stereocenters. The molecule has 0 spiro atoms. The van der Waals surface area contributed by atoms with Gasteiger partial charge in [-0.3, -0.25) is 0 Å². The quantitative estimate of drug-likeness (QED) is 0.288. The molecule has 3 aromatic carbocycles. The van der Waals surface area contributed by atoms with Crippen molar-refractivity contribution in [2.24, 2.45) is 0 Å². The van der Waals surface area contributed by atoms with E-state index in [1.165, 1.54) is 11.3 Å². The van der Waals surface area contributed by atoms with Crippen molar-refractivity contribution in [2.45, 2.75) is 0 Å². The lowest BCUT2D eigenvalue weighted by molar-refractivity contribution is 0.884. The number of allylic oxidation sites excluding steroid dienone is 1. The topological polar surface area (TPSA) is 54.5 Å². The molecule has 5 aromatic rings. The lowest BCUT2D eigenvalue weighted by Gasteiger charge is -2.01. The Morgan fingerprint density at radius 3 is 2.45 bits per heavy atom. The largest absolute Gasteiger partial charge is 0.240 e. The molecule has 0 bridgehead atoms. The minimum absolute atomic E-state index is 0.504. The van der Waals surface area contributed by atoms with Gasteiger partial charge in [0, 0.05) is 22.3 Å². The zero-order chi connectivity index (χ0) is 21.2. The maximum absolute atomic E-state index is 9.89. The van der Waals surface area contributed by atoms with E-state index in [2.05, 4.69) is 11.1 Å². The summed E-state index contributed by atoms with van der Waals surface area (Å²) in [6.07, 6.45) is 3.79. The molecule has 5 rings (SSSR count). The van der Waals surface area contributed by atoms with Gasteiger partial charge >= 0.3 is 0 Å². The fraction of sp³-hybridized carbons (Fsp3) is 0. The average Bonchev–Trinajstić information content (AvgIpc) is 3.43. The van der Waals surface area contributed by atoms with Gasteiger partial charge in [-0.15, -0.1) is 11.3 Å². The number of fused-ring (bicyclic) bond motifs is 1. The zero-order valence-corrected chi connectivity index (χ0v) is 17.8. The number of aromatic nitrogens is 3. The fourth-order valence-corrected chi connectivity index (χ4v) is 4.38. The van der Waals surface area contributed by atoms with E-state index in [4.69, 9.17) is 16.7 Å². The maximum Gasteiger partial charge on any atom is 0.135 e. The minimum atomic E-state index is 0.504. The summed E-state index contributed by atoms with van der Waals surface area (Å²) in [7, 11) is 0. The van der Waals surface area contributed by atoms with Crippen molar-refractivity contribution in [3.63, 3.8) is 0 Å². The normalized spacial score (nSPS) is 11.5. The van der Waals surface area contributed by atoms with E-state index >= 15 is 0 Å². The number of hydrogen-bond acceptors (Lipinski definition) is 4. The fourth-order valence-electron chi connectivity index (χ4n) is 3.32. The van der Waals surface area contributed by atoms with Crippen LogP contribution in [0.1, 0.15) is 10.6 Å². The second-order valence-electron chi connectivity index (χ2n) is 6.88. The summed E-state index contributed by atoms with van der Waals surface area (Å²) in [5.74, 6) is 0. The number of para-hydroxylation sites is 2. The zero-order valence-electron chi connectivity index (χ0n) is 16.2. The Labute approximate surface area is 188 Å². The van der Waals surface area contributed by atoms with Gasteiger partial charge in [0.15, 0.2) is 0 Å². The summed E-state index contributed by atoms with van der Waals surface area (Å²) in [5, 5.41) is 16.1. The molecule has 2 heterocycles. The van der Waals surface area contributed by atoms with Crippen LogP contribution >= 0.6 is 22.9 Å². The first-order valence-electron chi connectivity index (χ1n) is 9.60. The van der Waals surface area contributed by atoms with Gasteiger partial charge in [-0.2, -0.15) is 10.4 Å². The number of thiazole rings is 1. The van der Waals surface area contributed by atoms with Crippen LogP contribution in [0.3, 0.4) is 0 Å². The van der Waals surface area contributed by atoms with Crippen LogP contribution in [-0.4, -0.2) is 14.8 Å². The van der Waals surface area contributed by atoms with Crippen molar-refractivity contribution in [3.8, 4) is 23.0 Å². The van der Waals surface area contributed by atoms with Crippen molar-refractivity contribution in [2.75, 3.05) is 0 Å². The first-order valence-corrected chi connectivity index (χ1v) is 10.8. The Balaban J connectivity index is 1.66. The molecule has 148 valence electrons. The van der Waals surface area contributed by atoms with Gasteiger partial charge in [-0.25, -0.2) is 9.67 Å². The molecule has 0 unspecified atom stereocenters. The van der Waals surface area contributed by atoms with E-state index < -0.39 is 0 Å². The molecule has 0 N–H and O–H groups in total. The molecule has 0 aliphatic heterocycles. The van der Waals surface area contributed by atoms with Crippen LogP contribution < -0.4 is 0 Å². The van der Waals surface area contributed by atoms with E-state index in [1.54, 1.807) is 0 Å². The predicted molar refractivity (Wildman–Crippen MR) is 127 cm³/mol. The molecule has 0 saturated heterocycles. The summed E-state index contributed by atoms with van der Waals surface area (Å²) >= 11 is 7.59. The third-order valence-corrected chi connectivity index (χ3v) is 6.15. The second-order valence-corrected chi connectivity index (χ2v) is 8.34. The van der Waals surface area contributed by atoms with Crippen molar-refractivity contribution in [1.29, 1.82) is 5.26 Å². The third-order valence-electron chi connectivity index (χ3n) is 4.83. The van der Waals surface area contributed by atoms with Gasteiger partial charge in [-0.05, 0) is 42.5 Å². The number of benzene rings is 3. The Hall–Kier alpha value is -3.72. The Bertz CT molecular complexity index is 1410. The smallest absolute Gasteiger partial charge is 0.135 e. The first-order chi connectivity index (χ1) is 15.2. The van der Waals surface area contributed by atoms with E-state index in [0.29, 0.717) is 15.6 Å². The SMILES string of the molecule is N#C/C(=C\c1cn(-c2ccccc2)nc1-c1ccc(Cl)cc1)c1nc2ccccc2s1. The molecule has 2 aromatic heterocycles. The second kappa shape index (κ2) is 8.19. The standard InChI is InChI=1S/C25H15ClN4S/c26-20-12-10-17(11-13-20)24-19(16-30(29-24)21-6-2-1-3-7-21)14-18(15-27)25-28-22-8-4-5-9-23(22)31-25/h1-14,16H/b18-14+. The number of nitrogens with zero attached hydrogens (tertiary/aromatic N) is 4. The van der Waals surface area contributed by atoms with Crippen LogP contribution in [0.5, 0.6) is 0 Å². The van der Waals surface area contributed by atoms with Crippen LogP contribution in [0.15, 0.2) is 85.1 Å². The number of halogens is 1. The lowest BCUT2D eigenvalue weighted by atomic mass is 10.1. The maximum atomic E-state index is 9.89. The van der Waals surface area contributed by atoms with Crippen molar-refractivity contribution < 1.29 is 0 Å². The van der Waals surface area contributed by atoms with Gasteiger partial charge in [-0.1, -0.05) is 54.1 Å². The molecule has 0 aliphatic carbocycles. The van der Waals surface area contributed by atoms with Gasteiger partial charge in [0.05, 0.1) is 27.2 Å². The Morgan fingerprint density at radius 1 is 0.968 bits per heavy atom. The summed E-state index contributed by atoms with van der Waals surface area (Å²) in [6.45, 7) is 0. The van der Waals surface area contributed by atoms with E-state index in [9.17, 15) is 5.26 Å². The summed E-state index contributed by atoms with van der Waals surface area (Å²) in [5.41, 5.74) is 4.87. The number of nitriles is 1. The highest BCUT2D eigenvalue weighted by Gasteiger charge is 2.14.